The zero-order valence-electron chi connectivity index (χ0n) is 11.7. The number of carbonyl (C=O) groups excluding carboxylic acids is 1. The number of nitrogens with zero attached hydrogens (tertiary/aromatic N) is 1. The van der Waals surface area contributed by atoms with Crippen LogP contribution in [0.2, 0.25) is 0 Å². The first-order valence-electron chi connectivity index (χ1n) is 6.85. The van der Waals surface area contributed by atoms with E-state index in [1.54, 1.807) is 17.0 Å². The topological polar surface area (TPSA) is 59.5 Å². The number of hydrogen-bond acceptors (Lipinski definition) is 3. The molecule has 0 spiro atoms. The summed E-state index contributed by atoms with van der Waals surface area (Å²) in [5.41, 5.74) is 7.94. The van der Waals surface area contributed by atoms with E-state index in [-0.39, 0.29) is 5.91 Å². The third-order valence-electron chi connectivity index (χ3n) is 3.43. The maximum atomic E-state index is 12.7. The molecule has 106 valence electrons. The van der Waals surface area contributed by atoms with E-state index in [2.05, 4.69) is 0 Å². The number of nitrogen functional groups attached to an aromatic ring is 1. The zero-order chi connectivity index (χ0) is 14.8. The van der Waals surface area contributed by atoms with E-state index >= 15 is 0 Å². The van der Waals surface area contributed by atoms with E-state index in [0.717, 1.165) is 5.39 Å². The number of anilines is 2. The summed E-state index contributed by atoms with van der Waals surface area (Å²) in [5.74, 6) is 0.132. The molecule has 1 heterocycles. The molecule has 3 rings (SSSR count). The highest BCUT2D eigenvalue weighted by Crippen LogP contribution is 2.26. The van der Waals surface area contributed by atoms with E-state index in [1.165, 1.54) is 0 Å². The third-order valence-corrected chi connectivity index (χ3v) is 3.43. The van der Waals surface area contributed by atoms with E-state index in [0.29, 0.717) is 29.3 Å². The minimum atomic E-state index is -0.188. The van der Waals surface area contributed by atoms with Crippen molar-refractivity contribution in [1.29, 1.82) is 0 Å². The van der Waals surface area contributed by atoms with Crippen LogP contribution in [0.4, 0.5) is 11.4 Å². The summed E-state index contributed by atoms with van der Waals surface area (Å²) in [7, 11) is 0. The van der Waals surface area contributed by atoms with Crippen LogP contribution in [0.15, 0.2) is 59.0 Å². The van der Waals surface area contributed by atoms with Crippen molar-refractivity contribution >= 4 is 28.3 Å². The van der Waals surface area contributed by atoms with Gasteiger partial charge in [-0.2, -0.15) is 0 Å². The van der Waals surface area contributed by atoms with Crippen molar-refractivity contribution in [3.05, 3.63) is 60.4 Å². The summed E-state index contributed by atoms with van der Waals surface area (Å²) >= 11 is 0. The SMILES string of the molecule is CCN(C(=O)c1cc2ccccc2o1)c1ccccc1N. The van der Waals surface area contributed by atoms with Crippen LogP contribution in [0, 0.1) is 0 Å². The Bertz CT molecular complexity index is 759. The molecule has 0 aliphatic carbocycles. The third kappa shape index (κ3) is 2.36. The van der Waals surface area contributed by atoms with Gasteiger partial charge in [0.25, 0.3) is 5.91 Å². The molecule has 0 saturated carbocycles. The van der Waals surface area contributed by atoms with E-state index < -0.39 is 0 Å². The van der Waals surface area contributed by atoms with Gasteiger partial charge in [0.2, 0.25) is 0 Å². The Hall–Kier alpha value is -2.75. The van der Waals surface area contributed by atoms with Crippen LogP contribution >= 0.6 is 0 Å². The van der Waals surface area contributed by atoms with Gasteiger partial charge in [-0.15, -0.1) is 0 Å². The predicted molar refractivity (Wildman–Crippen MR) is 84.4 cm³/mol. The van der Waals surface area contributed by atoms with Gasteiger partial charge in [-0.25, -0.2) is 0 Å². The minimum Gasteiger partial charge on any atom is -0.451 e. The van der Waals surface area contributed by atoms with Gasteiger partial charge in [0.05, 0.1) is 11.4 Å². The van der Waals surface area contributed by atoms with Crippen molar-refractivity contribution in [3.63, 3.8) is 0 Å². The molecule has 3 aromatic rings. The van der Waals surface area contributed by atoms with Gasteiger partial charge >= 0.3 is 0 Å². The summed E-state index contributed by atoms with van der Waals surface area (Å²) in [6.45, 7) is 2.43. The fourth-order valence-corrected chi connectivity index (χ4v) is 2.38. The fraction of sp³-hybridized carbons (Fsp3) is 0.118. The molecule has 1 amide bonds. The molecule has 0 bridgehead atoms. The number of hydrogen-bond donors (Lipinski definition) is 1. The van der Waals surface area contributed by atoms with Gasteiger partial charge in [-0.1, -0.05) is 30.3 Å². The first kappa shape index (κ1) is 13.2. The Labute approximate surface area is 122 Å². The Kier molecular flexibility index (Phi) is 3.36. The van der Waals surface area contributed by atoms with Crippen molar-refractivity contribution in [1.82, 2.24) is 0 Å². The monoisotopic (exact) mass is 280 g/mol. The van der Waals surface area contributed by atoms with Crippen LogP contribution in [0.3, 0.4) is 0 Å². The average Bonchev–Trinajstić information content (AvgIpc) is 2.93. The molecule has 0 fully saturated rings. The Morgan fingerprint density at radius 3 is 2.57 bits per heavy atom. The molecule has 0 saturated heterocycles. The molecule has 0 aliphatic heterocycles. The normalized spacial score (nSPS) is 10.7. The van der Waals surface area contributed by atoms with Gasteiger partial charge in [0, 0.05) is 11.9 Å². The number of carbonyl (C=O) groups is 1. The molecule has 21 heavy (non-hydrogen) atoms. The first-order chi connectivity index (χ1) is 10.2. The molecular weight excluding hydrogens is 264 g/mol. The first-order valence-corrected chi connectivity index (χ1v) is 6.85. The Morgan fingerprint density at radius 2 is 1.86 bits per heavy atom. The smallest absolute Gasteiger partial charge is 0.294 e. The van der Waals surface area contributed by atoms with Crippen molar-refractivity contribution in [3.8, 4) is 0 Å². The number of nitrogens with two attached hydrogens (primary N) is 1. The quantitative estimate of drug-likeness (QED) is 0.744. The van der Waals surface area contributed by atoms with E-state index in [1.807, 2.05) is 49.4 Å². The molecule has 4 nitrogen and oxygen atoms in total. The van der Waals surface area contributed by atoms with Crippen molar-refractivity contribution in [2.45, 2.75) is 6.92 Å². The largest absolute Gasteiger partial charge is 0.451 e. The number of amides is 1. The molecule has 0 aliphatic rings. The minimum absolute atomic E-state index is 0.188. The zero-order valence-corrected chi connectivity index (χ0v) is 11.7. The Morgan fingerprint density at radius 1 is 1.14 bits per heavy atom. The van der Waals surface area contributed by atoms with Gasteiger partial charge < -0.3 is 15.1 Å². The van der Waals surface area contributed by atoms with Crippen molar-refractivity contribution in [2.75, 3.05) is 17.2 Å². The molecule has 0 radical (unpaired) electrons. The van der Waals surface area contributed by atoms with Crippen molar-refractivity contribution in [2.24, 2.45) is 0 Å². The number of fused-ring (bicyclic) bond motifs is 1. The summed E-state index contributed by atoms with van der Waals surface area (Å²) < 4.78 is 5.64. The van der Waals surface area contributed by atoms with Crippen LogP contribution in [-0.4, -0.2) is 12.5 Å². The fourth-order valence-electron chi connectivity index (χ4n) is 2.38. The highest BCUT2D eigenvalue weighted by Gasteiger charge is 2.21. The molecule has 2 N–H and O–H groups in total. The molecule has 0 unspecified atom stereocenters. The highest BCUT2D eigenvalue weighted by atomic mass is 16.3. The molecule has 2 aromatic carbocycles. The lowest BCUT2D eigenvalue weighted by Crippen LogP contribution is -2.30. The van der Waals surface area contributed by atoms with Crippen LogP contribution in [-0.2, 0) is 0 Å². The highest BCUT2D eigenvalue weighted by molar-refractivity contribution is 6.07. The average molecular weight is 280 g/mol. The van der Waals surface area contributed by atoms with Gasteiger partial charge in [-0.3, -0.25) is 4.79 Å². The van der Waals surface area contributed by atoms with E-state index in [4.69, 9.17) is 10.2 Å². The molecule has 4 heteroatoms. The maximum absolute atomic E-state index is 12.7. The summed E-state index contributed by atoms with van der Waals surface area (Å²) in [6, 6.07) is 16.6. The van der Waals surface area contributed by atoms with Crippen LogP contribution in [0.25, 0.3) is 11.0 Å². The van der Waals surface area contributed by atoms with Crippen LogP contribution < -0.4 is 10.6 Å². The van der Waals surface area contributed by atoms with Crippen LogP contribution in [0.5, 0.6) is 0 Å². The lowest BCUT2D eigenvalue weighted by molar-refractivity contribution is 0.0964. The summed E-state index contributed by atoms with van der Waals surface area (Å²) in [5, 5.41) is 0.915. The van der Waals surface area contributed by atoms with Gasteiger partial charge in [0.15, 0.2) is 5.76 Å². The molecular formula is C17H16N2O2. The van der Waals surface area contributed by atoms with Gasteiger partial charge in [-0.05, 0) is 31.2 Å². The second-order valence-electron chi connectivity index (χ2n) is 4.76. The number of benzene rings is 2. The summed E-state index contributed by atoms with van der Waals surface area (Å²) in [6.07, 6.45) is 0. The molecule has 1 aromatic heterocycles. The Balaban J connectivity index is 2.01. The lowest BCUT2D eigenvalue weighted by Gasteiger charge is -2.21. The van der Waals surface area contributed by atoms with E-state index in [9.17, 15) is 4.79 Å². The second-order valence-corrected chi connectivity index (χ2v) is 4.76. The van der Waals surface area contributed by atoms with Crippen LogP contribution in [0.1, 0.15) is 17.5 Å². The second kappa shape index (κ2) is 5.32. The predicted octanol–water partition coefficient (Wildman–Crippen LogP) is 3.68. The number of rotatable bonds is 3. The molecule has 0 atom stereocenters. The number of furan rings is 1. The number of para-hydroxylation sites is 3. The standard InChI is InChI=1S/C17H16N2O2/c1-2-19(14-9-5-4-8-13(14)18)17(20)16-11-12-7-3-6-10-15(12)21-16/h3-11H,2,18H2,1H3. The van der Waals surface area contributed by atoms with Crippen molar-refractivity contribution < 1.29 is 9.21 Å². The lowest BCUT2D eigenvalue weighted by atomic mass is 10.2. The van der Waals surface area contributed by atoms with Gasteiger partial charge in [0.1, 0.15) is 5.58 Å². The summed E-state index contributed by atoms with van der Waals surface area (Å²) in [4.78, 5) is 14.3. The maximum Gasteiger partial charge on any atom is 0.294 e.